The van der Waals surface area contributed by atoms with Crippen molar-refractivity contribution < 1.29 is 9.53 Å². The quantitative estimate of drug-likeness (QED) is 0.248. The van der Waals surface area contributed by atoms with E-state index in [1.54, 1.807) is 0 Å². The van der Waals surface area contributed by atoms with Crippen molar-refractivity contribution in [3.63, 3.8) is 0 Å². The maximum absolute atomic E-state index is 12.1. The molecule has 0 radical (unpaired) electrons. The van der Waals surface area contributed by atoms with Crippen molar-refractivity contribution in [3.05, 3.63) is 101 Å². The highest BCUT2D eigenvalue weighted by Gasteiger charge is 2.42. The lowest BCUT2D eigenvalue weighted by Gasteiger charge is -2.29. The number of pyridine rings is 1. The highest BCUT2D eigenvalue weighted by atomic mass is 32.1. The molecule has 9 heteroatoms. The van der Waals surface area contributed by atoms with E-state index in [1.165, 1.54) is 11.3 Å². The Morgan fingerprint density at radius 3 is 2.40 bits per heavy atom. The molecule has 0 aliphatic carbocycles. The Kier molecular flexibility index (Phi) is 8.19. The van der Waals surface area contributed by atoms with E-state index < -0.39 is 0 Å². The summed E-state index contributed by atoms with van der Waals surface area (Å²) in [6.07, 6.45) is 2.26. The van der Waals surface area contributed by atoms with Crippen molar-refractivity contribution in [2.75, 3.05) is 41.4 Å². The summed E-state index contributed by atoms with van der Waals surface area (Å²) in [6.45, 7) is 11.6. The molecule has 2 aliphatic heterocycles. The molecule has 1 amide bonds. The lowest BCUT2D eigenvalue weighted by molar-refractivity contribution is -0.115. The summed E-state index contributed by atoms with van der Waals surface area (Å²) < 4.78 is 7.85. The standard InChI is InChI=1S/C34H38N6O2S/c1-5-31(41)36-29-14-13-27(20-22(29)2)40-33(32(37-34(40)43)30-8-6-7-15-35-30)28-21-23(3)39(24(28)4)26-11-9-25(10-12-26)38-16-18-42-19-17-38/h6-15,20-21,32-33H,5,16-19H2,1-4H3,(H,36,41)(H,37,43). The predicted octanol–water partition coefficient (Wildman–Crippen LogP) is 6.16. The average Bonchev–Trinajstić information content (AvgIpc) is 3.53. The highest BCUT2D eigenvalue weighted by Crippen LogP contribution is 2.44. The molecule has 2 N–H and O–H groups in total. The number of carbonyl (C=O) groups is 1. The molecule has 4 heterocycles. The molecule has 0 spiro atoms. The van der Waals surface area contributed by atoms with Crippen molar-refractivity contribution in [2.45, 2.75) is 46.2 Å². The van der Waals surface area contributed by atoms with E-state index in [0.29, 0.717) is 11.5 Å². The number of morpholine rings is 1. The van der Waals surface area contributed by atoms with Crippen LogP contribution in [0.15, 0.2) is 72.9 Å². The van der Waals surface area contributed by atoms with Crippen molar-refractivity contribution in [1.82, 2.24) is 14.9 Å². The first-order chi connectivity index (χ1) is 20.9. The molecular formula is C34H38N6O2S. The number of aryl methyl sites for hydroxylation is 2. The fourth-order valence-corrected chi connectivity index (χ4v) is 6.59. The Morgan fingerprint density at radius 1 is 1.00 bits per heavy atom. The number of carbonyl (C=O) groups excluding carboxylic acids is 1. The van der Waals surface area contributed by atoms with Crippen molar-refractivity contribution >= 4 is 40.3 Å². The van der Waals surface area contributed by atoms with Crippen molar-refractivity contribution in [3.8, 4) is 5.69 Å². The third kappa shape index (κ3) is 5.62. The molecule has 2 unspecified atom stereocenters. The number of nitrogens with one attached hydrogen (secondary N) is 2. The number of amides is 1. The summed E-state index contributed by atoms with van der Waals surface area (Å²) in [4.78, 5) is 21.4. The number of rotatable bonds is 7. The minimum absolute atomic E-state index is 0.00674. The zero-order chi connectivity index (χ0) is 30.1. The largest absolute Gasteiger partial charge is 0.378 e. The second-order valence-electron chi connectivity index (χ2n) is 11.2. The van der Waals surface area contributed by atoms with Crippen LogP contribution in [0.25, 0.3) is 5.69 Å². The number of thiocarbonyl (C=S) groups is 1. The molecule has 2 aliphatic rings. The number of ether oxygens (including phenoxy) is 1. The summed E-state index contributed by atoms with van der Waals surface area (Å²) >= 11 is 5.99. The molecule has 43 heavy (non-hydrogen) atoms. The molecule has 2 aromatic carbocycles. The zero-order valence-corrected chi connectivity index (χ0v) is 25.9. The van der Waals surface area contributed by atoms with Crippen molar-refractivity contribution in [2.24, 2.45) is 0 Å². The predicted molar refractivity (Wildman–Crippen MR) is 176 cm³/mol. The maximum Gasteiger partial charge on any atom is 0.224 e. The van der Waals surface area contributed by atoms with Crippen LogP contribution < -0.4 is 20.4 Å². The van der Waals surface area contributed by atoms with Gasteiger partial charge in [0, 0.05) is 59.8 Å². The number of benzene rings is 2. The van der Waals surface area contributed by atoms with Gasteiger partial charge in [-0.2, -0.15) is 0 Å². The van der Waals surface area contributed by atoms with E-state index in [2.05, 4.69) is 81.3 Å². The first-order valence-corrected chi connectivity index (χ1v) is 15.3. The van der Waals surface area contributed by atoms with Crippen LogP contribution in [0, 0.1) is 20.8 Å². The van der Waals surface area contributed by atoms with Gasteiger partial charge in [-0.15, -0.1) is 0 Å². The van der Waals surface area contributed by atoms with E-state index in [0.717, 1.165) is 66.0 Å². The molecule has 2 atom stereocenters. The van der Waals surface area contributed by atoms with Gasteiger partial charge in [-0.1, -0.05) is 13.0 Å². The van der Waals surface area contributed by atoms with E-state index in [9.17, 15) is 4.79 Å². The minimum atomic E-state index is -0.147. The fraction of sp³-hybridized carbons (Fsp3) is 0.324. The van der Waals surface area contributed by atoms with Gasteiger partial charge in [-0.25, -0.2) is 0 Å². The van der Waals surface area contributed by atoms with Gasteiger partial charge in [0.05, 0.1) is 31.0 Å². The van der Waals surface area contributed by atoms with Gasteiger partial charge < -0.3 is 29.7 Å². The van der Waals surface area contributed by atoms with E-state index in [1.807, 2.05) is 44.3 Å². The van der Waals surface area contributed by atoms with Gasteiger partial charge in [-0.05, 0) is 105 Å². The Hall–Kier alpha value is -4.21. The van der Waals surface area contributed by atoms with E-state index in [-0.39, 0.29) is 18.0 Å². The number of aromatic nitrogens is 2. The first-order valence-electron chi connectivity index (χ1n) is 14.9. The number of hydrogen-bond acceptors (Lipinski definition) is 5. The van der Waals surface area contributed by atoms with Gasteiger partial charge >= 0.3 is 0 Å². The molecule has 0 saturated carbocycles. The summed E-state index contributed by atoms with van der Waals surface area (Å²) in [5.41, 5.74) is 9.51. The second-order valence-corrected chi connectivity index (χ2v) is 11.6. The lowest BCUT2D eigenvalue weighted by Crippen LogP contribution is -2.36. The SMILES string of the molecule is CCC(=O)Nc1ccc(N2C(=S)NC(c3ccccn3)C2c2cc(C)n(-c3ccc(N4CCOCC4)cc3)c2C)cc1C. The van der Waals surface area contributed by atoms with Gasteiger partial charge in [0.25, 0.3) is 0 Å². The summed E-state index contributed by atoms with van der Waals surface area (Å²) in [5.74, 6) is -0.00674. The maximum atomic E-state index is 12.1. The molecule has 2 saturated heterocycles. The van der Waals surface area contributed by atoms with Crippen LogP contribution in [0.1, 0.15) is 53.6 Å². The van der Waals surface area contributed by atoms with Crippen LogP contribution in [-0.2, 0) is 9.53 Å². The fourth-order valence-electron chi connectivity index (χ4n) is 6.24. The Balaban J connectivity index is 1.40. The first kappa shape index (κ1) is 28.9. The van der Waals surface area contributed by atoms with Crippen LogP contribution in [0.5, 0.6) is 0 Å². The van der Waals surface area contributed by atoms with Gasteiger partial charge in [0.15, 0.2) is 5.11 Å². The normalized spacial score (nSPS) is 18.6. The van der Waals surface area contributed by atoms with Crippen molar-refractivity contribution in [1.29, 1.82) is 0 Å². The Labute approximate surface area is 258 Å². The lowest BCUT2D eigenvalue weighted by atomic mass is 9.96. The summed E-state index contributed by atoms with van der Waals surface area (Å²) in [5, 5.41) is 7.23. The van der Waals surface area contributed by atoms with Gasteiger partial charge in [-0.3, -0.25) is 9.78 Å². The summed E-state index contributed by atoms with van der Waals surface area (Å²) in [6, 6.07) is 22.9. The third-order valence-electron chi connectivity index (χ3n) is 8.45. The topological polar surface area (TPSA) is 74.7 Å². The minimum Gasteiger partial charge on any atom is -0.378 e. The van der Waals surface area contributed by atoms with Gasteiger partial charge in [0.1, 0.15) is 0 Å². The smallest absolute Gasteiger partial charge is 0.224 e. The molecule has 2 fully saturated rings. The number of nitrogens with zero attached hydrogens (tertiary/aromatic N) is 4. The summed E-state index contributed by atoms with van der Waals surface area (Å²) in [7, 11) is 0. The molecule has 6 rings (SSSR count). The molecular weight excluding hydrogens is 556 g/mol. The number of anilines is 3. The van der Waals surface area contributed by atoms with Crippen LogP contribution in [0.2, 0.25) is 0 Å². The third-order valence-corrected chi connectivity index (χ3v) is 8.77. The van der Waals surface area contributed by atoms with Gasteiger partial charge in [0.2, 0.25) is 5.91 Å². The molecule has 0 bridgehead atoms. The van der Waals surface area contributed by atoms with Crippen LogP contribution in [-0.4, -0.2) is 46.9 Å². The molecule has 8 nitrogen and oxygen atoms in total. The average molecular weight is 595 g/mol. The Bertz CT molecular complexity index is 1630. The molecule has 2 aromatic heterocycles. The number of hydrogen-bond donors (Lipinski definition) is 2. The zero-order valence-electron chi connectivity index (χ0n) is 25.1. The Morgan fingerprint density at radius 2 is 1.72 bits per heavy atom. The molecule has 222 valence electrons. The van der Waals surface area contributed by atoms with Crippen LogP contribution >= 0.6 is 12.2 Å². The molecule has 4 aromatic rings. The monoisotopic (exact) mass is 594 g/mol. The van der Waals surface area contributed by atoms with E-state index >= 15 is 0 Å². The van der Waals surface area contributed by atoms with Crippen LogP contribution in [0.3, 0.4) is 0 Å². The second kappa shape index (κ2) is 12.2. The van der Waals surface area contributed by atoms with E-state index in [4.69, 9.17) is 21.9 Å². The highest BCUT2D eigenvalue weighted by molar-refractivity contribution is 7.80. The van der Waals surface area contributed by atoms with Crippen LogP contribution in [0.4, 0.5) is 17.1 Å².